The molecule has 0 aromatic heterocycles. The summed E-state index contributed by atoms with van der Waals surface area (Å²) in [7, 11) is 1.63. The van der Waals surface area contributed by atoms with E-state index in [-0.39, 0.29) is 12.3 Å². The van der Waals surface area contributed by atoms with E-state index in [2.05, 4.69) is 6.58 Å². The molecule has 0 aliphatic rings. The van der Waals surface area contributed by atoms with Gasteiger partial charge in [-0.05, 0) is 35.4 Å². The first-order valence-corrected chi connectivity index (χ1v) is 7.32. The highest BCUT2D eigenvalue weighted by Gasteiger charge is 2.11. The van der Waals surface area contributed by atoms with Crippen LogP contribution < -0.4 is 9.47 Å². The van der Waals surface area contributed by atoms with Crippen molar-refractivity contribution in [1.82, 2.24) is 0 Å². The average Bonchev–Trinajstić information content (AvgIpc) is 2.58. The first-order valence-electron chi connectivity index (χ1n) is 7.32. The Morgan fingerprint density at radius 2 is 1.74 bits per heavy atom. The summed E-state index contributed by atoms with van der Waals surface area (Å²) in [6.07, 6.45) is 1.69. The lowest BCUT2D eigenvalue weighted by Gasteiger charge is -2.12. The van der Waals surface area contributed by atoms with Crippen LogP contribution in [0.25, 0.3) is 0 Å². The van der Waals surface area contributed by atoms with Gasteiger partial charge in [-0.1, -0.05) is 30.3 Å². The Morgan fingerprint density at radius 3 is 2.26 bits per heavy atom. The fourth-order valence-corrected chi connectivity index (χ4v) is 2.23. The largest absolute Gasteiger partial charge is 0.497 e. The number of hydrogen-bond acceptors (Lipinski definition) is 3. The van der Waals surface area contributed by atoms with Crippen molar-refractivity contribution in [2.24, 2.45) is 0 Å². The minimum absolute atomic E-state index is 0.0373. The van der Waals surface area contributed by atoms with Crippen LogP contribution >= 0.6 is 0 Å². The number of hydrogen-bond donors (Lipinski definition) is 1. The molecule has 1 atom stereocenters. The van der Waals surface area contributed by atoms with Gasteiger partial charge in [0.25, 0.3) is 0 Å². The molecule has 0 heterocycles. The second-order valence-electron chi connectivity index (χ2n) is 5.15. The molecule has 0 aliphatic carbocycles. The van der Waals surface area contributed by atoms with E-state index in [4.69, 9.17) is 14.6 Å². The lowest BCUT2D eigenvalue weighted by Crippen LogP contribution is -2.04. The molecule has 0 fully saturated rings. The van der Waals surface area contributed by atoms with Crippen LogP contribution in [0, 0.1) is 0 Å². The van der Waals surface area contributed by atoms with Gasteiger partial charge in [-0.3, -0.25) is 4.79 Å². The second kappa shape index (κ2) is 8.03. The molecule has 4 heteroatoms. The molecule has 1 N–H and O–H groups in total. The third kappa shape index (κ3) is 4.88. The average molecular weight is 312 g/mol. The summed E-state index contributed by atoms with van der Waals surface area (Å²) in [6.45, 7) is 4.16. The Morgan fingerprint density at radius 1 is 1.13 bits per heavy atom. The fourth-order valence-electron chi connectivity index (χ4n) is 2.23. The predicted molar refractivity (Wildman–Crippen MR) is 89.0 cm³/mol. The normalized spacial score (nSPS) is 11.5. The van der Waals surface area contributed by atoms with E-state index >= 15 is 0 Å². The van der Waals surface area contributed by atoms with Gasteiger partial charge in [0.1, 0.15) is 18.1 Å². The first kappa shape index (κ1) is 16.6. The van der Waals surface area contributed by atoms with E-state index in [9.17, 15) is 4.79 Å². The predicted octanol–water partition coefficient (Wildman–Crippen LogP) is 4.02. The number of carboxylic acids is 1. The van der Waals surface area contributed by atoms with Crippen LogP contribution in [0.5, 0.6) is 11.5 Å². The van der Waals surface area contributed by atoms with Crippen LogP contribution in [0.4, 0.5) is 0 Å². The number of aliphatic carboxylic acids is 1. The van der Waals surface area contributed by atoms with Crippen molar-refractivity contribution in [2.45, 2.75) is 18.9 Å². The summed E-state index contributed by atoms with van der Waals surface area (Å²) in [4.78, 5) is 10.8. The first-order chi connectivity index (χ1) is 11.1. The molecule has 2 aromatic rings. The van der Waals surface area contributed by atoms with Crippen LogP contribution in [0.2, 0.25) is 0 Å². The van der Waals surface area contributed by atoms with Gasteiger partial charge in [0, 0.05) is 5.92 Å². The van der Waals surface area contributed by atoms with Crippen molar-refractivity contribution in [3.63, 3.8) is 0 Å². The van der Waals surface area contributed by atoms with Gasteiger partial charge in [0.15, 0.2) is 0 Å². The second-order valence-corrected chi connectivity index (χ2v) is 5.15. The molecule has 0 amide bonds. The fraction of sp³-hybridized carbons (Fsp3) is 0.211. The number of methoxy groups -OCH3 is 1. The molecule has 0 bridgehead atoms. The number of carbonyl (C=O) groups is 1. The zero-order valence-electron chi connectivity index (χ0n) is 13.1. The maximum absolute atomic E-state index is 10.8. The van der Waals surface area contributed by atoms with Crippen molar-refractivity contribution < 1.29 is 19.4 Å². The molecule has 0 saturated carbocycles. The van der Waals surface area contributed by atoms with Crippen molar-refractivity contribution in [1.29, 1.82) is 0 Å². The molecule has 2 rings (SSSR count). The van der Waals surface area contributed by atoms with Crippen LogP contribution in [-0.4, -0.2) is 18.2 Å². The maximum Gasteiger partial charge on any atom is 0.304 e. The number of ether oxygens (including phenoxy) is 2. The zero-order chi connectivity index (χ0) is 16.7. The zero-order valence-corrected chi connectivity index (χ0v) is 13.1. The molecule has 0 unspecified atom stereocenters. The summed E-state index contributed by atoms with van der Waals surface area (Å²) in [5, 5.41) is 8.90. The van der Waals surface area contributed by atoms with Crippen molar-refractivity contribution in [3.8, 4) is 11.5 Å². The molecule has 0 aliphatic heterocycles. The quantitative estimate of drug-likeness (QED) is 0.748. The highest BCUT2D eigenvalue weighted by molar-refractivity contribution is 5.68. The van der Waals surface area contributed by atoms with Gasteiger partial charge in [-0.25, -0.2) is 0 Å². The van der Waals surface area contributed by atoms with E-state index < -0.39 is 5.97 Å². The highest BCUT2D eigenvalue weighted by Crippen LogP contribution is 2.24. The van der Waals surface area contributed by atoms with Gasteiger partial charge in [-0.2, -0.15) is 0 Å². The summed E-state index contributed by atoms with van der Waals surface area (Å²) >= 11 is 0. The van der Waals surface area contributed by atoms with Gasteiger partial charge in [0.05, 0.1) is 13.5 Å². The van der Waals surface area contributed by atoms with Crippen molar-refractivity contribution in [2.75, 3.05) is 7.11 Å². The molecular formula is C19H20O4. The summed E-state index contributed by atoms with van der Waals surface area (Å²) < 4.78 is 10.8. The number of carboxylic acid groups (broad SMARTS) is 1. The van der Waals surface area contributed by atoms with Crippen LogP contribution in [0.1, 0.15) is 23.5 Å². The number of rotatable bonds is 8. The summed E-state index contributed by atoms with van der Waals surface area (Å²) in [5.74, 6) is 0.521. The third-order valence-electron chi connectivity index (χ3n) is 3.55. The molecule has 0 saturated heterocycles. The van der Waals surface area contributed by atoms with Crippen molar-refractivity contribution in [3.05, 3.63) is 72.3 Å². The van der Waals surface area contributed by atoms with Crippen LogP contribution in [0.3, 0.4) is 0 Å². The Hall–Kier alpha value is -2.75. The minimum Gasteiger partial charge on any atom is -0.497 e. The van der Waals surface area contributed by atoms with Crippen molar-refractivity contribution >= 4 is 5.97 Å². The lowest BCUT2D eigenvalue weighted by atomic mass is 9.96. The maximum atomic E-state index is 10.8. The summed E-state index contributed by atoms with van der Waals surface area (Å²) in [6, 6.07) is 15.1. The van der Waals surface area contributed by atoms with E-state index in [1.54, 1.807) is 13.2 Å². The molecular weight excluding hydrogens is 292 g/mol. The Bertz CT molecular complexity index is 644. The minimum atomic E-state index is -0.838. The molecule has 0 radical (unpaired) electrons. The van der Waals surface area contributed by atoms with E-state index in [1.807, 2.05) is 48.5 Å². The molecule has 23 heavy (non-hydrogen) atoms. The standard InChI is InChI=1S/C19H20O4/c1-3-15(12-19(20)21)16-6-10-18(11-7-16)23-13-14-4-8-17(22-2)9-5-14/h3-11,15H,1,12-13H2,2H3,(H,20,21)/t15-/m0/s1. The molecule has 4 nitrogen and oxygen atoms in total. The Kier molecular flexibility index (Phi) is 5.80. The van der Waals surface area contributed by atoms with E-state index in [1.165, 1.54) is 0 Å². The lowest BCUT2D eigenvalue weighted by molar-refractivity contribution is -0.137. The molecule has 0 spiro atoms. The Balaban J connectivity index is 1.96. The van der Waals surface area contributed by atoms with Crippen LogP contribution in [0.15, 0.2) is 61.2 Å². The monoisotopic (exact) mass is 312 g/mol. The smallest absolute Gasteiger partial charge is 0.304 e. The third-order valence-corrected chi connectivity index (χ3v) is 3.55. The van der Waals surface area contributed by atoms with Gasteiger partial charge >= 0.3 is 5.97 Å². The van der Waals surface area contributed by atoms with Crippen LogP contribution in [-0.2, 0) is 11.4 Å². The SMILES string of the molecule is C=C[C@@H](CC(=O)O)c1ccc(OCc2ccc(OC)cc2)cc1. The van der Waals surface area contributed by atoms with E-state index in [0.717, 1.165) is 22.6 Å². The molecule has 120 valence electrons. The topological polar surface area (TPSA) is 55.8 Å². The van der Waals surface area contributed by atoms with Gasteiger partial charge < -0.3 is 14.6 Å². The summed E-state index contributed by atoms with van der Waals surface area (Å²) in [5.41, 5.74) is 1.96. The number of allylic oxidation sites excluding steroid dienone is 1. The van der Waals surface area contributed by atoms with E-state index in [0.29, 0.717) is 6.61 Å². The number of benzene rings is 2. The van der Waals surface area contributed by atoms with Gasteiger partial charge in [-0.15, -0.1) is 6.58 Å². The van der Waals surface area contributed by atoms with Gasteiger partial charge in [0.2, 0.25) is 0 Å². The molecule has 2 aromatic carbocycles. The Labute approximate surface area is 136 Å². The highest BCUT2D eigenvalue weighted by atomic mass is 16.5.